The Morgan fingerprint density at radius 3 is 2.36 bits per heavy atom. The molecule has 1 atom stereocenters. The van der Waals surface area contributed by atoms with Crippen LogP contribution in [0.2, 0.25) is 0 Å². The standard InChI is InChI=1S/C13H21O6PS2/c1-5-7-21-20(14,17-6-2)18-12-8-11(3)9-13(10-12)19-22(4,15)16/h8-10H,5-7H2,1-4H3. The molecule has 1 rings (SSSR count). The molecule has 0 bridgehead atoms. The Bertz CT molecular complexity index is 644. The molecule has 0 aliphatic rings. The highest BCUT2D eigenvalue weighted by Crippen LogP contribution is 2.60. The van der Waals surface area contributed by atoms with E-state index in [1.165, 1.54) is 6.07 Å². The van der Waals surface area contributed by atoms with Crippen molar-refractivity contribution in [1.82, 2.24) is 0 Å². The zero-order valence-electron chi connectivity index (χ0n) is 13.1. The Hall–Kier alpha value is -0.690. The van der Waals surface area contributed by atoms with Gasteiger partial charge in [0.25, 0.3) is 0 Å². The van der Waals surface area contributed by atoms with E-state index in [1.54, 1.807) is 26.0 Å². The summed E-state index contributed by atoms with van der Waals surface area (Å²) in [6, 6.07) is 4.58. The van der Waals surface area contributed by atoms with Crippen molar-refractivity contribution >= 4 is 28.3 Å². The van der Waals surface area contributed by atoms with E-state index in [2.05, 4.69) is 0 Å². The monoisotopic (exact) mass is 368 g/mol. The molecule has 1 unspecified atom stereocenters. The van der Waals surface area contributed by atoms with Gasteiger partial charge in [-0.2, -0.15) is 8.42 Å². The molecule has 0 radical (unpaired) electrons. The molecule has 22 heavy (non-hydrogen) atoms. The second-order valence-corrected chi connectivity index (χ2v) is 10.3. The van der Waals surface area contributed by atoms with E-state index < -0.39 is 16.9 Å². The van der Waals surface area contributed by atoms with Crippen molar-refractivity contribution in [2.45, 2.75) is 27.2 Å². The van der Waals surface area contributed by atoms with Gasteiger partial charge in [0.1, 0.15) is 11.5 Å². The summed E-state index contributed by atoms with van der Waals surface area (Å²) in [5, 5.41) is 0. The minimum absolute atomic E-state index is 0.112. The first-order valence-corrected chi connectivity index (χ1v) is 11.7. The highest BCUT2D eigenvalue weighted by atomic mass is 32.7. The number of benzene rings is 1. The van der Waals surface area contributed by atoms with E-state index in [-0.39, 0.29) is 18.1 Å². The van der Waals surface area contributed by atoms with Crippen molar-refractivity contribution < 1.29 is 26.2 Å². The Labute approximate surface area is 135 Å². The lowest BCUT2D eigenvalue weighted by atomic mass is 10.2. The van der Waals surface area contributed by atoms with Gasteiger partial charge in [0, 0.05) is 11.8 Å². The number of rotatable bonds is 9. The molecule has 9 heteroatoms. The molecule has 0 aromatic heterocycles. The zero-order valence-corrected chi connectivity index (χ0v) is 15.6. The fraction of sp³-hybridized carbons (Fsp3) is 0.538. The van der Waals surface area contributed by atoms with Crippen molar-refractivity contribution in [1.29, 1.82) is 0 Å². The van der Waals surface area contributed by atoms with Crippen molar-refractivity contribution in [3.05, 3.63) is 23.8 Å². The topological polar surface area (TPSA) is 78.9 Å². The van der Waals surface area contributed by atoms with Gasteiger partial charge in [0.05, 0.1) is 12.9 Å². The van der Waals surface area contributed by atoms with Gasteiger partial charge in [-0.05, 0) is 49.3 Å². The van der Waals surface area contributed by atoms with Gasteiger partial charge in [-0.15, -0.1) is 0 Å². The van der Waals surface area contributed by atoms with E-state index in [0.29, 0.717) is 5.75 Å². The van der Waals surface area contributed by atoms with Crippen LogP contribution in [0.5, 0.6) is 11.5 Å². The van der Waals surface area contributed by atoms with Crippen molar-refractivity contribution in [2.75, 3.05) is 18.6 Å². The first-order valence-electron chi connectivity index (χ1n) is 6.77. The van der Waals surface area contributed by atoms with Gasteiger partial charge >= 0.3 is 16.9 Å². The molecular formula is C13H21O6PS2. The molecule has 0 amide bonds. The van der Waals surface area contributed by atoms with Crippen LogP contribution < -0.4 is 8.71 Å². The molecule has 0 saturated carbocycles. The molecule has 0 N–H and O–H groups in total. The van der Waals surface area contributed by atoms with Gasteiger partial charge in [0.2, 0.25) is 0 Å². The molecule has 1 aromatic rings. The van der Waals surface area contributed by atoms with Gasteiger partial charge in [0.15, 0.2) is 0 Å². The summed E-state index contributed by atoms with van der Waals surface area (Å²) >= 11 is 1.12. The molecule has 0 saturated heterocycles. The molecule has 1 aromatic carbocycles. The summed E-state index contributed by atoms with van der Waals surface area (Å²) in [4.78, 5) is 0. The molecule has 0 fully saturated rings. The molecule has 6 nitrogen and oxygen atoms in total. The lowest BCUT2D eigenvalue weighted by Crippen LogP contribution is -2.06. The molecule has 0 aliphatic heterocycles. The third kappa shape index (κ3) is 7.05. The Balaban J connectivity index is 3.01. The lowest BCUT2D eigenvalue weighted by molar-refractivity contribution is 0.296. The molecule has 126 valence electrons. The van der Waals surface area contributed by atoms with E-state index >= 15 is 0 Å². The second-order valence-electron chi connectivity index (χ2n) is 4.56. The summed E-state index contributed by atoms with van der Waals surface area (Å²) in [6.45, 7) is 2.38. The maximum absolute atomic E-state index is 12.6. The van der Waals surface area contributed by atoms with Gasteiger partial charge < -0.3 is 8.71 Å². The van der Waals surface area contributed by atoms with Crippen LogP contribution >= 0.6 is 18.2 Å². The first-order chi connectivity index (χ1) is 10.2. The fourth-order valence-electron chi connectivity index (χ4n) is 1.57. The predicted molar refractivity (Wildman–Crippen MR) is 89.3 cm³/mol. The maximum Gasteiger partial charge on any atom is 0.440 e. The SMILES string of the molecule is CCCSP(=O)(OCC)Oc1cc(C)cc(OS(C)(=O)=O)c1. The number of hydrogen-bond acceptors (Lipinski definition) is 7. The molecule has 0 spiro atoms. The Kier molecular flexibility index (Phi) is 7.25. The Morgan fingerprint density at radius 1 is 1.18 bits per heavy atom. The van der Waals surface area contributed by atoms with Crippen LogP contribution in [0.1, 0.15) is 25.8 Å². The smallest absolute Gasteiger partial charge is 0.417 e. The molecule has 0 heterocycles. The molecular weight excluding hydrogens is 347 g/mol. The predicted octanol–water partition coefficient (Wildman–Crippen LogP) is 4.00. The quantitative estimate of drug-likeness (QED) is 0.481. The minimum Gasteiger partial charge on any atom is -0.417 e. The van der Waals surface area contributed by atoms with Crippen molar-refractivity contribution in [3.8, 4) is 11.5 Å². The van der Waals surface area contributed by atoms with E-state index in [1.807, 2.05) is 6.92 Å². The average Bonchev–Trinajstić information content (AvgIpc) is 2.33. The van der Waals surface area contributed by atoms with Gasteiger partial charge in [-0.1, -0.05) is 6.92 Å². The molecule has 0 aliphatic carbocycles. The second kappa shape index (κ2) is 8.24. The fourth-order valence-corrected chi connectivity index (χ4v) is 5.46. The minimum atomic E-state index is -3.64. The van der Waals surface area contributed by atoms with Gasteiger partial charge in [-0.25, -0.2) is 4.57 Å². The summed E-state index contributed by atoms with van der Waals surface area (Å²) < 4.78 is 50.6. The first kappa shape index (κ1) is 19.4. The van der Waals surface area contributed by atoms with E-state index in [9.17, 15) is 13.0 Å². The van der Waals surface area contributed by atoms with Crippen LogP contribution in [0.3, 0.4) is 0 Å². The summed E-state index contributed by atoms with van der Waals surface area (Å²) in [6.07, 6.45) is 1.79. The highest BCUT2D eigenvalue weighted by molar-refractivity contribution is 8.55. The number of aryl methyl sites for hydroxylation is 1. The highest BCUT2D eigenvalue weighted by Gasteiger charge is 2.27. The third-order valence-electron chi connectivity index (χ3n) is 2.23. The van der Waals surface area contributed by atoms with Crippen LogP contribution in [0.4, 0.5) is 0 Å². The van der Waals surface area contributed by atoms with Crippen molar-refractivity contribution in [3.63, 3.8) is 0 Å². The van der Waals surface area contributed by atoms with Crippen LogP contribution in [-0.4, -0.2) is 27.0 Å². The van der Waals surface area contributed by atoms with Gasteiger partial charge in [-0.3, -0.25) is 4.52 Å². The van der Waals surface area contributed by atoms with E-state index in [0.717, 1.165) is 29.6 Å². The summed E-state index contributed by atoms with van der Waals surface area (Å²) in [5.74, 6) is 0.996. The number of hydrogen-bond donors (Lipinski definition) is 0. The Morgan fingerprint density at radius 2 is 1.82 bits per heavy atom. The maximum atomic E-state index is 12.6. The summed E-state index contributed by atoms with van der Waals surface area (Å²) in [5.41, 5.74) is 0.722. The van der Waals surface area contributed by atoms with Crippen LogP contribution in [-0.2, 0) is 19.2 Å². The van der Waals surface area contributed by atoms with Crippen LogP contribution in [0.25, 0.3) is 0 Å². The lowest BCUT2D eigenvalue weighted by Gasteiger charge is -2.18. The van der Waals surface area contributed by atoms with Crippen LogP contribution in [0.15, 0.2) is 18.2 Å². The normalized spacial score (nSPS) is 14.4. The largest absolute Gasteiger partial charge is 0.440 e. The zero-order chi connectivity index (χ0) is 16.8. The van der Waals surface area contributed by atoms with Crippen molar-refractivity contribution in [2.24, 2.45) is 0 Å². The summed E-state index contributed by atoms with van der Waals surface area (Å²) in [7, 11) is -3.64. The van der Waals surface area contributed by atoms with E-state index in [4.69, 9.17) is 13.2 Å². The average molecular weight is 368 g/mol. The van der Waals surface area contributed by atoms with Crippen LogP contribution in [0, 0.1) is 6.92 Å². The third-order valence-corrected chi connectivity index (χ3v) is 6.68.